The number of nitrogens with one attached hydrogen (secondary N) is 1. The van der Waals surface area contributed by atoms with Gasteiger partial charge in [-0.1, -0.05) is 13.3 Å². The summed E-state index contributed by atoms with van der Waals surface area (Å²) >= 11 is 0. The van der Waals surface area contributed by atoms with Gasteiger partial charge in [-0.15, -0.1) is 0 Å². The summed E-state index contributed by atoms with van der Waals surface area (Å²) in [5, 5.41) is 2.85. The molecule has 3 aromatic heterocycles. The predicted molar refractivity (Wildman–Crippen MR) is 120 cm³/mol. The third kappa shape index (κ3) is 5.65. The summed E-state index contributed by atoms with van der Waals surface area (Å²) < 4.78 is 33.6. The molecule has 1 fully saturated rings. The largest absolute Gasteiger partial charge is 0.435 e. The molecule has 7 nitrogen and oxygen atoms in total. The van der Waals surface area contributed by atoms with E-state index in [1.54, 1.807) is 17.9 Å². The molecule has 0 saturated heterocycles. The van der Waals surface area contributed by atoms with Crippen molar-refractivity contribution in [1.29, 1.82) is 0 Å². The van der Waals surface area contributed by atoms with E-state index in [1.807, 2.05) is 19.3 Å². The third-order valence-electron chi connectivity index (χ3n) is 6.32. The van der Waals surface area contributed by atoms with Gasteiger partial charge in [-0.2, -0.15) is 0 Å². The fourth-order valence-corrected chi connectivity index (χ4v) is 4.36. The summed E-state index contributed by atoms with van der Waals surface area (Å²) in [7, 11) is 1.62. The highest BCUT2D eigenvalue weighted by molar-refractivity contribution is 5.91. The minimum Gasteiger partial charge on any atom is -0.435 e. The van der Waals surface area contributed by atoms with Crippen molar-refractivity contribution in [1.82, 2.24) is 9.97 Å². The van der Waals surface area contributed by atoms with Crippen molar-refractivity contribution in [2.24, 2.45) is 11.8 Å². The third-order valence-corrected chi connectivity index (χ3v) is 6.32. The van der Waals surface area contributed by atoms with Crippen LogP contribution in [0.4, 0.5) is 14.6 Å². The molecule has 0 aromatic carbocycles. The number of nitrogens with zero attached hydrogens (tertiary/aromatic N) is 3. The van der Waals surface area contributed by atoms with Crippen molar-refractivity contribution >= 4 is 11.7 Å². The van der Waals surface area contributed by atoms with Crippen LogP contribution in [0.1, 0.15) is 44.1 Å². The highest BCUT2D eigenvalue weighted by Gasteiger charge is 2.31. The van der Waals surface area contributed by atoms with Gasteiger partial charge in [0.15, 0.2) is 5.82 Å². The van der Waals surface area contributed by atoms with Gasteiger partial charge < -0.3 is 10.1 Å². The Bertz CT molecular complexity index is 1130. The van der Waals surface area contributed by atoms with Gasteiger partial charge in [-0.3, -0.25) is 9.63 Å². The van der Waals surface area contributed by atoms with Crippen LogP contribution in [0, 0.1) is 23.5 Å². The average molecular weight is 470 g/mol. The highest BCUT2D eigenvalue weighted by atomic mass is 19.1. The van der Waals surface area contributed by atoms with Crippen LogP contribution in [-0.2, 0) is 4.79 Å². The van der Waals surface area contributed by atoms with Crippen LogP contribution < -0.4 is 19.6 Å². The molecule has 4 rings (SSSR count). The Hall–Kier alpha value is -3.62. The van der Waals surface area contributed by atoms with Crippen molar-refractivity contribution in [2.75, 3.05) is 12.4 Å². The lowest BCUT2D eigenvalue weighted by molar-refractivity contribution is -0.885. The molecular formula is C25H27F2N4O3+. The van der Waals surface area contributed by atoms with Gasteiger partial charge >= 0.3 is 0 Å². The summed E-state index contributed by atoms with van der Waals surface area (Å²) in [5.41, 5.74) is 1.26. The first kappa shape index (κ1) is 23.5. The Morgan fingerprint density at radius 3 is 2.62 bits per heavy atom. The highest BCUT2D eigenvalue weighted by Crippen LogP contribution is 2.39. The Morgan fingerprint density at radius 1 is 1.15 bits per heavy atom. The van der Waals surface area contributed by atoms with Crippen molar-refractivity contribution < 1.29 is 27.9 Å². The lowest BCUT2D eigenvalue weighted by Gasteiger charge is -2.32. The number of ether oxygens (including phenoxy) is 1. The zero-order valence-electron chi connectivity index (χ0n) is 19.1. The molecule has 0 radical (unpaired) electrons. The zero-order valence-corrected chi connectivity index (χ0v) is 19.1. The van der Waals surface area contributed by atoms with Crippen LogP contribution in [0.5, 0.6) is 11.6 Å². The maximum Gasteiger partial charge on any atom is 0.256 e. The topological polar surface area (TPSA) is 77.2 Å². The van der Waals surface area contributed by atoms with E-state index in [-0.39, 0.29) is 29.4 Å². The molecule has 3 heterocycles. The summed E-state index contributed by atoms with van der Waals surface area (Å²) in [5.74, 6) is -1.05. The van der Waals surface area contributed by atoms with Gasteiger partial charge in [0.2, 0.25) is 18.3 Å². The van der Waals surface area contributed by atoms with E-state index in [2.05, 4.69) is 27.4 Å². The molecule has 0 bridgehead atoms. The monoisotopic (exact) mass is 469 g/mol. The second-order valence-electron chi connectivity index (χ2n) is 8.50. The minimum atomic E-state index is -0.912. The number of hydrogen-bond acceptors (Lipinski definition) is 5. The number of rotatable bonds is 7. The first-order chi connectivity index (χ1) is 16.4. The Kier molecular flexibility index (Phi) is 7.30. The maximum absolute atomic E-state index is 13.7. The quantitative estimate of drug-likeness (QED) is 0.518. The van der Waals surface area contributed by atoms with Crippen molar-refractivity contribution in [2.45, 2.75) is 38.5 Å². The summed E-state index contributed by atoms with van der Waals surface area (Å²) in [6.45, 7) is 1.95. The summed E-state index contributed by atoms with van der Waals surface area (Å²) in [6.07, 6.45) is 10.1. The average Bonchev–Trinajstić information content (AvgIpc) is 2.86. The second-order valence-corrected chi connectivity index (χ2v) is 8.50. The van der Waals surface area contributed by atoms with Gasteiger partial charge in [-0.05, 0) is 48.8 Å². The van der Waals surface area contributed by atoms with Gasteiger partial charge in [0.25, 0.3) is 5.88 Å². The SMILES string of the molecule is CO[n+]1ccc([C@@H]2CCC[C@H]([C@H](C)C(=O)Nc3ccc(Oc4ncc(F)cc4F)cn3)C2)cc1. The Balaban J connectivity index is 1.34. The number of anilines is 1. The van der Waals surface area contributed by atoms with Crippen molar-refractivity contribution in [3.05, 3.63) is 72.3 Å². The first-order valence-electron chi connectivity index (χ1n) is 11.2. The van der Waals surface area contributed by atoms with Crippen LogP contribution >= 0.6 is 0 Å². The molecule has 0 aliphatic heterocycles. The maximum atomic E-state index is 13.7. The van der Waals surface area contributed by atoms with Crippen LogP contribution in [0.3, 0.4) is 0 Å². The molecule has 1 aliphatic rings. The van der Waals surface area contributed by atoms with Gasteiger partial charge in [0.05, 0.1) is 12.4 Å². The molecule has 34 heavy (non-hydrogen) atoms. The van der Waals surface area contributed by atoms with Crippen LogP contribution in [0.25, 0.3) is 0 Å². The molecule has 1 saturated carbocycles. The molecule has 0 spiro atoms. The minimum absolute atomic E-state index is 0.0941. The lowest BCUT2D eigenvalue weighted by atomic mass is 9.73. The van der Waals surface area contributed by atoms with Crippen molar-refractivity contribution in [3.63, 3.8) is 0 Å². The number of carbonyl (C=O) groups excluding carboxylic acids is 1. The fraction of sp³-hybridized carbons (Fsp3) is 0.360. The molecule has 1 aliphatic carbocycles. The molecule has 9 heteroatoms. The van der Waals surface area contributed by atoms with E-state index in [4.69, 9.17) is 9.57 Å². The number of halogens is 2. The molecule has 3 atom stereocenters. The predicted octanol–water partition coefficient (Wildman–Crippen LogP) is 4.44. The molecular weight excluding hydrogens is 442 g/mol. The molecule has 0 unspecified atom stereocenters. The van der Waals surface area contributed by atoms with E-state index in [9.17, 15) is 13.6 Å². The standard InChI is InChI=1S/C25H26F2N4O3/c1-16(18-4-3-5-19(12-18)17-8-10-31(33-2)11-9-17)24(32)30-23-7-6-21(15-28-23)34-25-22(27)13-20(26)14-29-25/h6-11,13-16,18-19H,3-5,12H2,1-2H3/p+1/t16-,18-,19+/m0/s1. The molecule has 3 aromatic rings. The van der Waals surface area contributed by atoms with Gasteiger partial charge in [0, 0.05) is 28.8 Å². The molecule has 1 amide bonds. The Morgan fingerprint density at radius 2 is 1.94 bits per heavy atom. The van der Waals surface area contributed by atoms with Crippen molar-refractivity contribution in [3.8, 4) is 11.6 Å². The Labute approximate surface area is 196 Å². The summed E-state index contributed by atoms with van der Waals surface area (Å²) in [4.78, 5) is 25.8. The van der Waals surface area contributed by atoms with Crippen LogP contribution in [-0.4, -0.2) is 23.0 Å². The van der Waals surface area contributed by atoms with E-state index >= 15 is 0 Å². The normalized spacial score (nSPS) is 18.7. The van der Waals surface area contributed by atoms with Gasteiger partial charge in [0.1, 0.15) is 24.5 Å². The number of amides is 1. The van der Waals surface area contributed by atoms with Crippen LogP contribution in [0.2, 0.25) is 0 Å². The zero-order chi connectivity index (χ0) is 24.1. The molecule has 1 N–H and O–H groups in total. The number of hydrogen-bond donors (Lipinski definition) is 1. The lowest BCUT2D eigenvalue weighted by Crippen LogP contribution is -2.39. The van der Waals surface area contributed by atoms with E-state index in [1.165, 1.54) is 17.8 Å². The molecule has 178 valence electrons. The number of carbonyl (C=O) groups is 1. The second kappa shape index (κ2) is 10.5. The fourth-order valence-electron chi connectivity index (χ4n) is 4.36. The van der Waals surface area contributed by atoms with E-state index in [0.717, 1.165) is 31.9 Å². The first-order valence-corrected chi connectivity index (χ1v) is 11.2. The number of pyridine rings is 3. The smallest absolute Gasteiger partial charge is 0.256 e. The van der Waals surface area contributed by atoms with E-state index < -0.39 is 11.6 Å². The summed E-state index contributed by atoms with van der Waals surface area (Å²) in [6, 6.07) is 7.94. The van der Waals surface area contributed by atoms with Gasteiger partial charge in [-0.25, -0.2) is 18.7 Å². The number of aromatic nitrogens is 3. The van der Waals surface area contributed by atoms with Crippen LogP contribution in [0.15, 0.2) is 55.1 Å². The van der Waals surface area contributed by atoms with E-state index in [0.29, 0.717) is 17.8 Å².